The summed E-state index contributed by atoms with van der Waals surface area (Å²) in [5.41, 5.74) is -0.350. The number of nitrogens with zero attached hydrogens (tertiary/aromatic N) is 1. The summed E-state index contributed by atoms with van der Waals surface area (Å²) in [5.74, 6) is -1.20. The molecule has 0 bridgehead atoms. The molecule has 0 fully saturated rings. The Balaban J connectivity index is 2.73. The van der Waals surface area contributed by atoms with Crippen LogP contribution < -0.4 is 0 Å². The molecule has 0 saturated carbocycles. The van der Waals surface area contributed by atoms with Crippen LogP contribution in [0.15, 0.2) is 23.1 Å². The van der Waals surface area contributed by atoms with Crippen molar-refractivity contribution in [2.24, 2.45) is 0 Å². The van der Waals surface area contributed by atoms with E-state index in [0.29, 0.717) is 0 Å². The van der Waals surface area contributed by atoms with Gasteiger partial charge >= 0.3 is 5.97 Å². The van der Waals surface area contributed by atoms with Gasteiger partial charge in [0.25, 0.3) is 5.69 Å². The molecule has 0 amide bonds. The molecule has 0 unspecified atom stereocenters. The van der Waals surface area contributed by atoms with E-state index in [9.17, 15) is 19.3 Å². The van der Waals surface area contributed by atoms with Crippen LogP contribution in [0.1, 0.15) is 13.8 Å². The predicted molar refractivity (Wildman–Crippen MR) is 65.0 cm³/mol. The van der Waals surface area contributed by atoms with E-state index in [1.807, 2.05) is 0 Å². The zero-order valence-electron chi connectivity index (χ0n) is 9.88. The minimum atomic E-state index is -0.684. The second-order valence-corrected chi connectivity index (χ2v) is 4.71. The molecule has 1 aromatic carbocycles. The summed E-state index contributed by atoms with van der Waals surface area (Å²) in [7, 11) is 0. The lowest BCUT2D eigenvalue weighted by molar-refractivity contribution is -0.387. The molecule has 0 saturated heterocycles. The Bertz CT molecular complexity index is 464. The van der Waals surface area contributed by atoms with Crippen LogP contribution in [0.5, 0.6) is 0 Å². The summed E-state index contributed by atoms with van der Waals surface area (Å²) in [6.07, 6.45) is -0.235. The van der Waals surface area contributed by atoms with E-state index in [0.717, 1.165) is 23.9 Å². The SMILES string of the molecule is CC(C)OC(=O)CSc1ccc(F)cc1[N+](=O)[O-]. The number of thioether (sulfide) groups is 1. The summed E-state index contributed by atoms with van der Waals surface area (Å²) in [6, 6.07) is 3.22. The highest BCUT2D eigenvalue weighted by molar-refractivity contribution is 8.00. The third-order valence-corrected chi connectivity index (χ3v) is 2.87. The fraction of sp³-hybridized carbons (Fsp3) is 0.364. The maximum Gasteiger partial charge on any atom is 0.316 e. The fourth-order valence-corrected chi connectivity index (χ4v) is 1.98. The molecular weight excluding hydrogens is 261 g/mol. The van der Waals surface area contributed by atoms with Crippen LogP contribution in [0.2, 0.25) is 0 Å². The number of carbonyl (C=O) groups excluding carboxylic acids is 1. The Hall–Kier alpha value is -1.63. The molecule has 1 aromatic rings. The first-order valence-electron chi connectivity index (χ1n) is 5.16. The Morgan fingerprint density at radius 1 is 1.56 bits per heavy atom. The average Bonchev–Trinajstić information content (AvgIpc) is 2.26. The molecule has 0 aliphatic rings. The van der Waals surface area contributed by atoms with E-state index in [1.165, 1.54) is 6.07 Å². The van der Waals surface area contributed by atoms with E-state index in [-0.39, 0.29) is 22.4 Å². The van der Waals surface area contributed by atoms with E-state index in [1.54, 1.807) is 13.8 Å². The molecular formula is C11H12FNO4S. The smallest absolute Gasteiger partial charge is 0.316 e. The fourth-order valence-electron chi connectivity index (χ4n) is 1.19. The third kappa shape index (κ3) is 4.33. The summed E-state index contributed by atoms with van der Waals surface area (Å²) in [4.78, 5) is 21.6. The monoisotopic (exact) mass is 273 g/mol. The number of nitro benzene ring substituents is 1. The van der Waals surface area contributed by atoms with Crippen LogP contribution >= 0.6 is 11.8 Å². The number of hydrogen-bond acceptors (Lipinski definition) is 5. The van der Waals surface area contributed by atoms with Gasteiger partial charge in [-0.15, -0.1) is 11.8 Å². The highest BCUT2D eigenvalue weighted by Gasteiger charge is 2.17. The molecule has 98 valence electrons. The molecule has 5 nitrogen and oxygen atoms in total. The molecule has 0 heterocycles. The zero-order valence-corrected chi connectivity index (χ0v) is 10.7. The lowest BCUT2D eigenvalue weighted by Crippen LogP contribution is -2.13. The van der Waals surface area contributed by atoms with E-state index in [4.69, 9.17) is 4.74 Å². The van der Waals surface area contributed by atoms with Gasteiger partial charge in [-0.05, 0) is 26.0 Å². The van der Waals surface area contributed by atoms with Crippen LogP contribution in [0.4, 0.5) is 10.1 Å². The van der Waals surface area contributed by atoms with Crippen molar-refractivity contribution >= 4 is 23.4 Å². The summed E-state index contributed by atoms with van der Waals surface area (Å²) in [6.45, 7) is 3.42. The normalized spacial score (nSPS) is 10.4. The van der Waals surface area contributed by atoms with Gasteiger partial charge in [0.1, 0.15) is 5.82 Å². The second kappa shape index (κ2) is 6.34. The first-order valence-corrected chi connectivity index (χ1v) is 6.15. The molecule has 7 heteroatoms. The maximum absolute atomic E-state index is 12.9. The standard InChI is InChI=1S/C11H12FNO4S/c1-7(2)17-11(14)6-18-10-4-3-8(12)5-9(10)13(15)16/h3-5,7H,6H2,1-2H3. The molecule has 0 atom stereocenters. The minimum Gasteiger partial charge on any atom is -0.462 e. The van der Waals surface area contributed by atoms with Crippen LogP contribution in [0, 0.1) is 15.9 Å². The van der Waals surface area contributed by atoms with E-state index in [2.05, 4.69) is 0 Å². The van der Waals surface area contributed by atoms with Crippen LogP contribution in [0.25, 0.3) is 0 Å². The molecule has 0 aliphatic carbocycles. The van der Waals surface area contributed by atoms with Crippen LogP contribution in [0.3, 0.4) is 0 Å². The van der Waals surface area contributed by atoms with Crippen molar-refractivity contribution in [2.75, 3.05) is 5.75 Å². The van der Waals surface area contributed by atoms with Crippen molar-refractivity contribution in [1.29, 1.82) is 0 Å². The lowest BCUT2D eigenvalue weighted by atomic mass is 10.3. The molecule has 0 spiro atoms. The van der Waals surface area contributed by atoms with Crippen molar-refractivity contribution in [1.82, 2.24) is 0 Å². The topological polar surface area (TPSA) is 69.4 Å². The van der Waals surface area contributed by atoms with Crippen molar-refractivity contribution in [3.05, 3.63) is 34.1 Å². The van der Waals surface area contributed by atoms with Crippen molar-refractivity contribution in [2.45, 2.75) is 24.8 Å². The molecule has 0 aromatic heterocycles. The van der Waals surface area contributed by atoms with Gasteiger partial charge in [0.2, 0.25) is 0 Å². The van der Waals surface area contributed by atoms with Gasteiger partial charge in [-0.3, -0.25) is 14.9 Å². The quantitative estimate of drug-likeness (QED) is 0.357. The predicted octanol–water partition coefficient (Wildman–Crippen LogP) is 2.78. The van der Waals surface area contributed by atoms with Gasteiger partial charge in [0, 0.05) is 0 Å². The molecule has 0 N–H and O–H groups in total. The number of benzene rings is 1. The Morgan fingerprint density at radius 2 is 2.22 bits per heavy atom. The van der Waals surface area contributed by atoms with Gasteiger partial charge in [0.15, 0.2) is 0 Å². The molecule has 0 radical (unpaired) electrons. The highest BCUT2D eigenvalue weighted by atomic mass is 32.2. The summed E-state index contributed by atoms with van der Waals surface area (Å²) in [5, 5.41) is 10.7. The minimum absolute atomic E-state index is 0.0509. The number of rotatable bonds is 5. The van der Waals surface area contributed by atoms with Crippen molar-refractivity contribution in [3.63, 3.8) is 0 Å². The van der Waals surface area contributed by atoms with Crippen LogP contribution in [-0.2, 0) is 9.53 Å². The number of esters is 1. The van der Waals surface area contributed by atoms with Crippen molar-refractivity contribution in [3.8, 4) is 0 Å². The average molecular weight is 273 g/mol. The third-order valence-electron chi connectivity index (χ3n) is 1.83. The lowest BCUT2D eigenvalue weighted by Gasteiger charge is -2.07. The second-order valence-electron chi connectivity index (χ2n) is 3.70. The highest BCUT2D eigenvalue weighted by Crippen LogP contribution is 2.29. The van der Waals surface area contributed by atoms with Gasteiger partial charge in [0.05, 0.1) is 27.7 Å². The van der Waals surface area contributed by atoms with Gasteiger partial charge in [-0.25, -0.2) is 4.39 Å². The van der Waals surface area contributed by atoms with Crippen LogP contribution in [-0.4, -0.2) is 22.7 Å². The number of carbonyl (C=O) groups is 1. The first kappa shape index (κ1) is 14.4. The maximum atomic E-state index is 12.9. The number of halogens is 1. The van der Waals surface area contributed by atoms with Gasteiger partial charge < -0.3 is 4.74 Å². The summed E-state index contributed by atoms with van der Waals surface area (Å²) < 4.78 is 17.8. The Morgan fingerprint density at radius 3 is 2.78 bits per heavy atom. The molecule has 0 aliphatic heterocycles. The number of nitro groups is 1. The molecule has 1 rings (SSSR count). The Labute approximate surface area is 107 Å². The van der Waals surface area contributed by atoms with E-state index < -0.39 is 16.7 Å². The zero-order chi connectivity index (χ0) is 13.7. The van der Waals surface area contributed by atoms with E-state index >= 15 is 0 Å². The molecule has 18 heavy (non-hydrogen) atoms. The first-order chi connectivity index (χ1) is 8.40. The summed E-state index contributed by atoms with van der Waals surface area (Å²) >= 11 is 0.951. The van der Waals surface area contributed by atoms with Crippen molar-refractivity contribution < 1.29 is 18.8 Å². The largest absolute Gasteiger partial charge is 0.462 e. The van der Waals surface area contributed by atoms with Gasteiger partial charge in [-0.1, -0.05) is 0 Å². The Kier molecular flexibility index (Phi) is 5.08. The van der Waals surface area contributed by atoms with Gasteiger partial charge in [-0.2, -0.15) is 0 Å². The number of hydrogen-bond donors (Lipinski definition) is 0. The number of ether oxygens (including phenoxy) is 1.